The van der Waals surface area contributed by atoms with Gasteiger partial charge in [0.05, 0.1) is 4.90 Å². The van der Waals surface area contributed by atoms with E-state index < -0.39 is 10.0 Å². The standard InChI is InChI=1S/C20H23ClN2O3S/c1-15(24)17-4-8-20(9-5-17)27(25,26)22-19-10-12-23(13-11-19)14-16-2-6-18(21)7-3-16/h2-9,19,22H,10-14H2,1H3. The highest BCUT2D eigenvalue weighted by atomic mass is 35.5. The first-order valence-electron chi connectivity index (χ1n) is 8.93. The molecule has 0 amide bonds. The van der Waals surface area contributed by atoms with Crippen molar-refractivity contribution < 1.29 is 13.2 Å². The number of carbonyl (C=O) groups excluding carboxylic acids is 1. The molecule has 0 spiro atoms. The van der Waals surface area contributed by atoms with Crippen LogP contribution in [0.1, 0.15) is 35.7 Å². The summed E-state index contributed by atoms with van der Waals surface area (Å²) in [5.74, 6) is -0.0834. The van der Waals surface area contributed by atoms with Gasteiger partial charge >= 0.3 is 0 Å². The molecule has 1 aliphatic heterocycles. The number of nitrogens with one attached hydrogen (secondary N) is 1. The molecule has 0 atom stereocenters. The van der Waals surface area contributed by atoms with Crippen molar-refractivity contribution >= 4 is 27.4 Å². The quantitative estimate of drug-likeness (QED) is 0.746. The van der Waals surface area contributed by atoms with Crippen LogP contribution in [0.5, 0.6) is 0 Å². The molecule has 1 heterocycles. The van der Waals surface area contributed by atoms with Crippen LogP contribution in [-0.2, 0) is 16.6 Å². The Bertz CT molecular complexity index is 888. The summed E-state index contributed by atoms with van der Waals surface area (Å²) in [7, 11) is -3.58. The molecule has 144 valence electrons. The van der Waals surface area contributed by atoms with E-state index in [1.807, 2.05) is 24.3 Å². The summed E-state index contributed by atoms with van der Waals surface area (Å²) in [6.45, 7) is 3.96. The smallest absolute Gasteiger partial charge is 0.240 e. The first kappa shape index (κ1) is 20.0. The molecule has 0 unspecified atom stereocenters. The molecule has 1 saturated heterocycles. The minimum Gasteiger partial charge on any atom is -0.299 e. The Morgan fingerprint density at radius 3 is 2.22 bits per heavy atom. The van der Waals surface area contributed by atoms with Gasteiger partial charge in [0.15, 0.2) is 5.78 Å². The van der Waals surface area contributed by atoms with Crippen molar-refractivity contribution in [1.29, 1.82) is 0 Å². The number of sulfonamides is 1. The van der Waals surface area contributed by atoms with Gasteiger partial charge in [0.1, 0.15) is 0 Å². The predicted octanol–water partition coefficient (Wildman–Crippen LogP) is 3.49. The second-order valence-corrected chi connectivity index (χ2v) is 9.03. The second-order valence-electron chi connectivity index (χ2n) is 6.88. The number of halogens is 1. The lowest BCUT2D eigenvalue weighted by Crippen LogP contribution is -2.44. The number of hydrogen-bond acceptors (Lipinski definition) is 4. The molecule has 27 heavy (non-hydrogen) atoms. The third kappa shape index (κ3) is 5.39. The van der Waals surface area contributed by atoms with Crippen molar-refractivity contribution in [1.82, 2.24) is 9.62 Å². The number of carbonyl (C=O) groups is 1. The van der Waals surface area contributed by atoms with Crippen LogP contribution < -0.4 is 4.72 Å². The fourth-order valence-corrected chi connectivity index (χ4v) is 4.64. The zero-order valence-electron chi connectivity index (χ0n) is 15.2. The third-order valence-electron chi connectivity index (χ3n) is 4.80. The van der Waals surface area contributed by atoms with Crippen LogP contribution in [0.4, 0.5) is 0 Å². The van der Waals surface area contributed by atoms with E-state index in [4.69, 9.17) is 11.6 Å². The predicted molar refractivity (Wildman–Crippen MR) is 107 cm³/mol. The summed E-state index contributed by atoms with van der Waals surface area (Å²) in [5.41, 5.74) is 1.70. The van der Waals surface area contributed by atoms with E-state index in [9.17, 15) is 13.2 Å². The Morgan fingerprint density at radius 1 is 1.07 bits per heavy atom. The van der Waals surface area contributed by atoms with E-state index in [0.717, 1.165) is 37.5 Å². The Kier molecular flexibility index (Phi) is 6.32. The molecule has 0 saturated carbocycles. The third-order valence-corrected chi connectivity index (χ3v) is 6.59. The molecule has 2 aromatic rings. The van der Waals surface area contributed by atoms with Crippen molar-refractivity contribution in [2.24, 2.45) is 0 Å². The highest BCUT2D eigenvalue weighted by Crippen LogP contribution is 2.18. The van der Waals surface area contributed by atoms with Crippen LogP contribution in [0.3, 0.4) is 0 Å². The number of hydrogen-bond donors (Lipinski definition) is 1. The number of Topliss-reactive ketones (excluding diaryl/α,β-unsaturated/α-hetero) is 1. The first-order valence-corrected chi connectivity index (χ1v) is 10.8. The maximum absolute atomic E-state index is 12.6. The fraction of sp³-hybridized carbons (Fsp3) is 0.350. The first-order chi connectivity index (χ1) is 12.8. The zero-order valence-corrected chi connectivity index (χ0v) is 16.8. The SMILES string of the molecule is CC(=O)c1ccc(S(=O)(=O)NC2CCN(Cc3ccc(Cl)cc3)CC2)cc1. The average Bonchev–Trinajstić information content (AvgIpc) is 2.65. The summed E-state index contributed by atoms with van der Waals surface area (Å²) < 4.78 is 27.9. The van der Waals surface area contributed by atoms with Crippen molar-refractivity contribution in [2.45, 2.75) is 37.2 Å². The molecule has 5 nitrogen and oxygen atoms in total. The number of nitrogens with zero attached hydrogens (tertiary/aromatic N) is 1. The molecule has 1 fully saturated rings. The van der Waals surface area contributed by atoms with Crippen LogP contribution in [-0.4, -0.2) is 38.2 Å². The minimum atomic E-state index is -3.58. The minimum absolute atomic E-state index is 0.0797. The Hall–Kier alpha value is -1.73. The van der Waals surface area contributed by atoms with Gasteiger partial charge in [-0.05, 0) is 49.6 Å². The largest absolute Gasteiger partial charge is 0.299 e. The molecule has 0 aromatic heterocycles. The molecule has 1 aliphatic rings. The molecule has 2 aromatic carbocycles. The maximum Gasteiger partial charge on any atom is 0.240 e. The van der Waals surface area contributed by atoms with E-state index >= 15 is 0 Å². The lowest BCUT2D eigenvalue weighted by atomic mass is 10.1. The van der Waals surface area contributed by atoms with Crippen LogP contribution in [0.2, 0.25) is 5.02 Å². The summed E-state index contributed by atoms with van der Waals surface area (Å²) in [6, 6.07) is 13.8. The van der Waals surface area contributed by atoms with Gasteiger partial charge in [0.2, 0.25) is 10.0 Å². The summed E-state index contributed by atoms with van der Waals surface area (Å²) in [6.07, 6.45) is 1.52. The second kappa shape index (κ2) is 8.52. The van der Waals surface area contributed by atoms with Gasteiger partial charge in [0.25, 0.3) is 0 Å². The monoisotopic (exact) mass is 406 g/mol. The normalized spacial score (nSPS) is 16.4. The molecule has 3 rings (SSSR count). The Balaban J connectivity index is 1.54. The van der Waals surface area contributed by atoms with Crippen molar-refractivity contribution in [3.05, 3.63) is 64.7 Å². The summed E-state index contributed by atoms with van der Waals surface area (Å²) in [5, 5.41) is 0.725. The van der Waals surface area contributed by atoms with Crippen LogP contribution in [0.15, 0.2) is 53.4 Å². The number of likely N-dealkylation sites (tertiary alicyclic amines) is 1. The molecule has 7 heteroatoms. The lowest BCUT2D eigenvalue weighted by molar-refractivity contribution is 0.101. The average molecular weight is 407 g/mol. The zero-order chi connectivity index (χ0) is 19.4. The van der Waals surface area contributed by atoms with Gasteiger partial charge in [-0.15, -0.1) is 0 Å². The Labute approximate surface area is 165 Å². The molecular weight excluding hydrogens is 384 g/mol. The van der Waals surface area contributed by atoms with E-state index in [0.29, 0.717) is 5.56 Å². The highest BCUT2D eigenvalue weighted by molar-refractivity contribution is 7.89. The van der Waals surface area contributed by atoms with E-state index in [1.54, 1.807) is 12.1 Å². The van der Waals surface area contributed by atoms with Crippen LogP contribution in [0.25, 0.3) is 0 Å². The molecule has 0 aliphatic carbocycles. The van der Waals surface area contributed by atoms with Gasteiger partial charge in [-0.3, -0.25) is 9.69 Å². The van der Waals surface area contributed by atoms with Gasteiger partial charge in [-0.25, -0.2) is 13.1 Å². The number of piperidine rings is 1. The van der Waals surface area contributed by atoms with Gasteiger partial charge in [-0.2, -0.15) is 0 Å². The molecule has 1 N–H and O–H groups in total. The van der Waals surface area contributed by atoms with Crippen molar-refractivity contribution in [2.75, 3.05) is 13.1 Å². The lowest BCUT2D eigenvalue weighted by Gasteiger charge is -2.32. The summed E-state index contributed by atoms with van der Waals surface area (Å²) in [4.78, 5) is 13.8. The van der Waals surface area contributed by atoms with Gasteiger partial charge in [0, 0.05) is 36.3 Å². The number of benzene rings is 2. The molecular formula is C20H23ClN2O3S. The highest BCUT2D eigenvalue weighted by Gasteiger charge is 2.24. The Morgan fingerprint density at radius 2 is 1.67 bits per heavy atom. The fourth-order valence-electron chi connectivity index (χ4n) is 3.21. The molecule has 0 bridgehead atoms. The van der Waals surface area contributed by atoms with E-state index in [2.05, 4.69) is 9.62 Å². The van der Waals surface area contributed by atoms with E-state index in [-0.39, 0.29) is 16.7 Å². The van der Waals surface area contributed by atoms with Crippen molar-refractivity contribution in [3.63, 3.8) is 0 Å². The van der Waals surface area contributed by atoms with Gasteiger partial charge < -0.3 is 0 Å². The topological polar surface area (TPSA) is 66.5 Å². The van der Waals surface area contributed by atoms with Crippen molar-refractivity contribution in [3.8, 4) is 0 Å². The molecule has 0 radical (unpaired) electrons. The number of rotatable bonds is 6. The summed E-state index contributed by atoms with van der Waals surface area (Å²) >= 11 is 5.91. The maximum atomic E-state index is 12.6. The van der Waals surface area contributed by atoms with Gasteiger partial charge in [-0.1, -0.05) is 35.9 Å². The van der Waals surface area contributed by atoms with E-state index in [1.165, 1.54) is 24.6 Å². The number of ketones is 1. The van der Waals surface area contributed by atoms with Crippen LogP contribution in [0, 0.1) is 0 Å². The van der Waals surface area contributed by atoms with Crippen LogP contribution >= 0.6 is 11.6 Å².